The molecule has 3 N–H and O–H groups in total. The molecule has 0 aliphatic heterocycles. The number of nitrogens with zero attached hydrogens (tertiary/aromatic N) is 1. The highest BCUT2D eigenvalue weighted by molar-refractivity contribution is 5.94. The molecule has 4 heteroatoms. The van der Waals surface area contributed by atoms with Crippen molar-refractivity contribution in [3.8, 4) is 6.07 Å². The van der Waals surface area contributed by atoms with Crippen molar-refractivity contribution in [3.05, 3.63) is 35.4 Å². The lowest BCUT2D eigenvalue weighted by molar-refractivity contribution is 0.0946. The van der Waals surface area contributed by atoms with Gasteiger partial charge in [-0.15, -0.1) is 0 Å². The van der Waals surface area contributed by atoms with Crippen LogP contribution < -0.4 is 11.1 Å². The molecular formula is C12H15N3O. The van der Waals surface area contributed by atoms with E-state index in [4.69, 9.17) is 11.0 Å². The van der Waals surface area contributed by atoms with E-state index in [1.165, 1.54) is 0 Å². The summed E-state index contributed by atoms with van der Waals surface area (Å²) < 4.78 is 0. The minimum Gasteiger partial charge on any atom is -0.350 e. The van der Waals surface area contributed by atoms with Crippen molar-refractivity contribution in [2.45, 2.75) is 19.4 Å². The van der Waals surface area contributed by atoms with Gasteiger partial charge in [0.2, 0.25) is 0 Å². The number of nitrogens with two attached hydrogens (primary N) is 1. The van der Waals surface area contributed by atoms with Gasteiger partial charge in [0.1, 0.15) is 0 Å². The van der Waals surface area contributed by atoms with Gasteiger partial charge >= 0.3 is 0 Å². The fourth-order valence-electron chi connectivity index (χ4n) is 1.14. The molecule has 1 rings (SSSR count). The quantitative estimate of drug-likeness (QED) is 0.793. The van der Waals surface area contributed by atoms with E-state index < -0.39 is 5.54 Å². The molecule has 1 aromatic carbocycles. The monoisotopic (exact) mass is 217 g/mol. The summed E-state index contributed by atoms with van der Waals surface area (Å²) in [4.78, 5) is 11.7. The molecule has 0 aliphatic carbocycles. The maximum Gasteiger partial charge on any atom is 0.251 e. The number of rotatable bonds is 3. The van der Waals surface area contributed by atoms with E-state index in [1.807, 2.05) is 19.9 Å². The smallest absolute Gasteiger partial charge is 0.251 e. The number of nitrogens with one attached hydrogen (secondary N) is 1. The molecule has 0 atom stereocenters. The zero-order valence-electron chi connectivity index (χ0n) is 9.45. The van der Waals surface area contributed by atoms with Gasteiger partial charge in [0, 0.05) is 17.6 Å². The van der Waals surface area contributed by atoms with Crippen LogP contribution in [0.1, 0.15) is 29.8 Å². The molecule has 0 spiro atoms. The number of benzene rings is 1. The lowest BCUT2D eigenvalue weighted by atomic mass is 10.1. The van der Waals surface area contributed by atoms with E-state index in [1.54, 1.807) is 24.3 Å². The van der Waals surface area contributed by atoms with Crippen LogP contribution in [0.15, 0.2) is 24.3 Å². The summed E-state index contributed by atoms with van der Waals surface area (Å²) in [5, 5.41) is 11.4. The molecule has 0 bridgehead atoms. The first kappa shape index (κ1) is 12.2. The van der Waals surface area contributed by atoms with Crippen molar-refractivity contribution in [2.24, 2.45) is 5.73 Å². The van der Waals surface area contributed by atoms with Gasteiger partial charge in [-0.2, -0.15) is 5.26 Å². The van der Waals surface area contributed by atoms with E-state index in [0.717, 1.165) is 0 Å². The molecule has 0 aliphatic rings. The van der Waals surface area contributed by atoms with Gasteiger partial charge in [-0.25, -0.2) is 0 Å². The zero-order valence-corrected chi connectivity index (χ0v) is 9.45. The second-order valence-corrected chi connectivity index (χ2v) is 4.36. The van der Waals surface area contributed by atoms with E-state index in [0.29, 0.717) is 17.7 Å². The third kappa shape index (κ3) is 3.71. The summed E-state index contributed by atoms with van der Waals surface area (Å²) >= 11 is 0. The fourth-order valence-corrected chi connectivity index (χ4v) is 1.14. The summed E-state index contributed by atoms with van der Waals surface area (Å²) in [6.45, 7) is 4.06. The molecule has 84 valence electrons. The summed E-state index contributed by atoms with van der Waals surface area (Å²) in [6.07, 6.45) is 0. The Kier molecular flexibility index (Phi) is 3.64. The van der Waals surface area contributed by atoms with E-state index in [-0.39, 0.29) is 5.91 Å². The number of hydrogen-bond acceptors (Lipinski definition) is 3. The predicted octanol–water partition coefficient (Wildman–Crippen LogP) is 1.03. The molecular weight excluding hydrogens is 202 g/mol. The SMILES string of the molecule is CC(C)(N)CNC(=O)c1cccc(C#N)c1. The van der Waals surface area contributed by atoms with Crippen LogP contribution in [0.5, 0.6) is 0 Å². The normalized spacial score (nSPS) is 10.6. The van der Waals surface area contributed by atoms with Gasteiger partial charge in [0.25, 0.3) is 5.91 Å². The van der Waals surface area contributed by atoms with Crippen molar-refractivity contribution in [1.29, 1.82) is 5.26 Å². The van der Waals surface area contributed by atoms with Crippen molar-refractivity contribution in [2.75, 3.05) is 6.54 Å². The number of carbonyl (C=O) groups is 1. The van der Waals surface area contributed by atoms with Crippen molar-refractivity contribution in [3.63, 3.8) is 0 Å². The number of hydrogen-bond donors (Lipinski definition) is 2. The van der Waals surface area contributed by atoms with Crippen LogP contribution in [0.4, 0.5) is 0 Å². The summed E-state index contributed by atoms with van der Waals surface area (Å²) in [7, 11) is 0. The van der Waals surface area contributed by atoms with Crippen molar-refractivity contribution < 1.29 is 4.79 Å². The lowest BCUT2D eigenvalue weighted by Crippen LogP contribution is -2.45. The molecule has 0 saturated heterocycles. The van der Waals surface area contributed by atoms with E-state index in [9.17, 15) is 4.79 Å². The van der Waals surface area contributed by atoms with E-state index >= 15 is 0 Å². The van der Waals surface area contributed by atoms with Crippen molar-refractivity contribution in [1.82, 2.24) is 5.32 Å². The molecule has 0 unspecified atom stereocenters. The molecule has 16 heavy (non-hydrogen) atoms. The second kappa shape index (κ2) is 4.77. The first-order valence-electron chi connectivity index (χ1n) is 4.99. The molecule has 0 radical (unpaired) electrons. The van der Waals surface area contributed by atoms with Crippen LogP contribution in [0.2, 0.25) is 0 Å². The van der Waals surface area contributed by atoms with Crippen LogP contribution in [-0.4, -0.2) is 18.0 Å². The second-order valence-electron chi connectivity index (χ2n) is 4.36. The average Bonchev–Trinajstić information content (AvgIpc) is 2.25. The van der Waals surface area contributed by atoms with Gasteiger partial charge in [0.05, 0.1) is 11.6 Å². The molecule has 4 nitrogen and oxygen atoms in total. The van der Waals surface area contributed by atoms with Crippen molar-refractivity contribution >= 4 is 5.91 Å². The first-order valence-corrected chi connectivity index (χ1v) is 4.99. The topological polar surface area (TPSA) is 78.9 Å². The van der Waals surface area contributed by atoms with Gasteiger partial charge in [-0.3, -0.25) is 4.79 Å². The predicted molar refractivity (Wildman–Crippen MR) is 61.8 cm³/mol. The third-order valence-corrected chi connectivity index (χ3v) is 1.96. The number of amides is 1. The molecule has 1 amide bonds. The fraction of sp³-hybridized carbons (Fsp3) is 0.333. The maximum absolute atomic E-state index is 11.7. The Morgan fingerprint density at radius 2 is 2.25 bits per heavy atom. The third-order valence-electron chi connectivity index (χ3n) is 1.96. The molecule has 0 aromatic heterocycles. The molecule has 1 aromatic rings. The standard InChI is InChI=1S/C12H15N3O/c1-12(2,14)8-15-11(16)10-5-3-4-9(6-10)7-13/h3-6H,8,14H2,1-2H3,(H,15,16). The highest BCUT2D eigenvalue weighted by Gasteiger charge is 2.13. The van der Waals surface area contributed by atoms with Crippen LogP contribution in [-0.2, 0) is 0 Å². The van der Waals surface area contributed by atoms with Gasteiger partial charge in [-0.1, -0.05) is 6.07 Å². The number of carbonyl (C=O) groups excluding carboxylic acids is 1. The molecule has 0 saturated carbocycles. The Morgan fingerprint density at radius 3 is 2.81 bits per heavy atom. The summed E-state index contributed by atoms with van der Waals surface area (Å²) in [5.41, 5.74) is 6.26. The first-order chi connectivity index (χ1) is 7.42. The zero-order chi connectivity index (χ0) is 12.2. The van der Waals surface area contributed by atoms with Gasteiger partial charge in [0.15, 0.2) is 0 Å². The van der Waals surface area contributed by atoms with Crippen LogP contribution in [0.3, 0.4) is 0 Å². The van der Waals surface area contributed by atoms with Crippen LogP contribution in [0, 0.1) is 11.3 Å². The Hall–Kier alpha value is -1.86. The van der Waals surface area contributed by atoms with Crippen LogP contribution in [0.25, 0.3) is 0 Å². The largest absolute Gasteiger partial charge is 0.350 e. The summed E-state index contributed by atoms with van der Waals surface area (Å²) in [6, 6.07) is 8.55. The Morgan fingerprint density at radius 1 is 1.56 bits per heavy atom. The summed E-state index contributed by atoms with van der Waals surface area (Å²) in [5.74, 6) is -0.212. The average molecular weight is 217 g/mol. The minimum atomic E-state index is -0.442. The Bertz CT molecular complexity index is 427. The minimum absolute atomic E-state index is 0.212. The molecule has 0 fully saturated rings. The van der Waals surface area contributed by atoms with Gasteiger partial charge < -0.3 is 11.1 Å². The maximum atomic E-state index is 11.7. The van der Waals surface area contributed by atoms with Crippen LogP contribution >= 0.6 is 0 Å². The van der Waals surface area contributed by atoms with E-state index in [2.05, 4.69) is 5.32 Å². The Labute approximate surface area is 95.1 Å². The lowest BCUT2D eigenvalue weighted by Gasteiger charge is -2.18. The number of nitriles is 1. The molecule has 0 heterocycles. The highest BCUT2D eigenvalue weighted by atomic mass is 16.1. The Balaban J connectivity index is 2.71. The van der Waals surface area contributed by atoms with Gasteiger partial charge in [-0.05, 0) is 32.0 Å². The highest BCUT2D eigenvalue weighted by Crippen LogP contribution is 2.04.